The lowest BCUT2D eigenvalue weighted by Gasteiger charge is -2.26. The number of hydrogen-bond donors (Lipinski definition) is 1. The molecule has 8 heteroatoms. The zero-order valence-electron chi connectivity index (χ0n) is 14.0. The molecule has 1 rings (SSSR count). The third-order valence-electron chi connectivity index (χ3n) is 3.54. The molecule has 130 valence electrons. The molecule has 0 heterocycles. The van der Waals surface area contributed by atoms with E-state index in [2.05, 4.69) is 5.32 Å². The second kappa shape index (κ2) is 7.63. The maximum atomic E-state index is 13.7. The molecule has 0 aliphatic carbocycles. The molecule has 2 atom stereocenters. The van der Waals surface area contributed by atoms with Crippen molar-refractivity contribution in [2.24, 2.45) is 0 Å². The monoisotopic (exact) mass is 346 g/mol. The number of hydrogen-bond acceptors (Lipinski definition) is 4. The van der Waals surface area contributed by atoms with Crippen LogP contribution in [0.1, 0.15) is 25.5 Å². The van der Waals surface area contributed by atoms with Crippen LogP contribution in [-0.4, -0.2) is 51.6 Å². The summed E-state index contributed by atoms with van der Waals surface area (Å²) in [6.45, 7) is 3.37. The minimum Gasteiger partial charge on any atom is -0.494 e. The van der Waals surface area contributed by atoms with Crippen molar-refractivity contribution < 1.29 is 22.3 Å². The number of nitrogens with one attached hydrogen (secondary N) is 1. The second-order valence-electron chi connectivity index (χ2n) is 5.62. The highest BCUT2D eigenvalue weighted by Gasteiger charge is 2.21. The lowest BCUT2D eigenvalue weighted by molar-refractivity contribution is 0.195. The summed E-state index contributed by atoms with van der Waals surface area (Å²) in [5.41, 5.74) is 0.584. The van der Waals surface area contributed by atoms with Crippen molar-refractivity contribution in [3.8, 4) is 5.75 Å². The Morgan fingerprint density at radius 1 is 1.39 bits per heavy atom. The molecule has 2 amide bonds. The largest absolute Gasteiger partial charge is 0.494 e. The van der Waals surface area contributed by atoms with Crippen LogP contribution < -0.4 is 10.1 Å². The lowest BCUT2D eigenvalue weighted by Crippen LogP contribution is -2.45. The molecule has 0 radical (unpaired) electrons. The number of nitrogens with zero attached hydrogens (tertiary/aromatic N) is 1. The predicted octanol–water partition coefficient (Wildman–Crippen LogP) is 1.97. The molecule has 0 saturated carbocycles. The fourth-order valence-electron chi connectivity index (χ4n) is 2.07. The van der Waals surface area contributed by atoms with Gasteiger partial charge in [-0.15, -0.1) is 0 Å². The molecule has 0 aliphatic heterocycles. The first-order valence-corrected chi connectivity index (χ1v) is 9.15. The van der Waals surface area contributed by atoms with Gasteiger partial charge in [0.05, 0.1) is 18.9 Å². The number of rotatable bonds is 6. The molecule has 0 unspecified atom stereocenters. The first-order valence-electron chi connectivity index (χ1n) is 7.09. The zero-order chi connectivity index (χ0) is 17.8. The maximum absolute atomic E-state index is 13.7. The first-order chi connectivity index (χ1) is 10.5. The predicted molar refractivity (Wildman–Crippen MR) is 86.8 cm³/mol. The van der Waals surface area contributed by atoms with E-state index in [1.807, 2.05) is 0 Å². The summed E-state index contributed by atoms with van der Waals surface area (Å²) in [5, 5.41) is 2.71. The SMILES string of the molecule is COc1ccc([C@@H](C)NC(=O)N(C)[C@H](C)CS(C)(=O)=O)cc1F. The molecule has 1 N–H and O–H groups in total. The van der Waals surface area contributed by atoms with Crippen LogP contribution in [0, 0.1) is 5.82 Å². The Morgan fingerprint density at radius 3 is 2.48 bits per heavy atom. The van der Waals surface area contributed by atoms with E-state index in [1.54, 1.807) is 19.9 Å². The van der Waals surface area contributed by atoms with E-state index < -0.39 is 33.8 Å². The van der Waals surface area contributed by atoms with Gasteiger partial charge in [-0.25, -0.2) is 17.6 Å². The highest BCUT2D eigenvalue weighted by molar-refractivity contribution is 7.90. The van der Waals surface area contributed by atoms with E-state index in [0.717, 1.165) is 6.26 Å². The molecule has 0 fully saturated rings. The van der Waals surface area contributed by atoms with Gasteiger partial charge in [-0.1, -0.05) is 6.07 Å². The molecule has 1 aromatic rings. The fourth-order valence-corrected chi connectivity index (χ4v) is 3.17. The smallest absolute Gasteiger partial charge is 0.317 e. The minimum atomic E-state index is -3.18. The topological polar surface area (TPSA) is 75.7 Å². The number of sulfone groups is 1. The van der Waals surface area contributed by atoms with Crippen LogP contribution in [0.3, 0.4) is 0 Å². The van der Waals surface area contributed by atoms with E-state index in [9.17, 15) is 17.6 Å². The van der Waals surface area contributed by atoms with Gasteiger partial charge in [-0.3, -0.25) is 0 Å². The van der Waals surface area contributed by atoms with Gasteiger partial charge in [-0.05, 0) is 31.5 Å². The van der Waals surface area contributed by atoms with Crippen LogP contribution in [0.5, 0.6) is 5.75 Å². The van der Waals surface area contributed by atoms with Crippen LogP contribution in [0.2, 0.25) is 0 Å². The quantitative estimate of drug-likeness (QED) is 0.854. The summed E-state index contributed by atoms with van der Waals surface area (Å²) >= 11 is 0. The van der Waals surface area contributed by atoms with Crippen molar-refractivity contribution in [1.29, 1.82) is 0 Å². The number of carbonyl (C=O) groups is 1. The molecular formula is C15H23FN2O4S. The standard InChI is InChI=1S/C15H23FN2O4S/c1-10(9-23(5,20)21)18(3)15(19)17-11(2)12-6-7-14(22-4)13(16)8-12/h6-8,10-11H,9H2,1-5H3,(H,17,19)/t10-,11-/m1/s1. The van der Waals surface area contributed by atoms with Crippen molar-refractivity contribution in [3.63, 3.8) is 0 Å². The lowest BCUT2D eigenvalue weighted by atomic mass is 10.1. The molecular weight excluding hydrogens is 323 g/mol. The zero-order valence-corrected chi connectivity index (χ0v) is 14.8. The van der Waals surface area contributed by atoms with E-state index in [1.165, 1.54) is 31.2 Å². The van der Waals surface area contributed by atoms with E-state index in [0.29, 0.717) is 5.56 Å². The summed E-state index contributed by atoms with van der Waals surface area (Å²) < 4.78 is 41.2. The van der Waals surface area contributed by atoms with Gasteiger partial charge in [0.25, 0.3) is 0 Å². The molecule has 23 heavy (non-hydrogen) atoms. The number of amides is 2. The Labute approximate surface area is 136 Å². The Morgan fingerprint density at radius 2 is 2.00 bits per heavy atom. The second-order valence-corrected chi connectivity index (χ2v) is 7.80. The number of carbonyl (C=O) groups excluding carboxylic acids is 1. The third kappa shape index (κ3) is 5.70. The van der Waals surface area contributed by atoms with Crippen LogP contribution >= 0.6 is 0 Å². The Kier molecular flexibility index (Phi) is 6.37. The van der Waals surface area contributed by atoms with Crippen molar-refractivity contribution in [3.05, 3.63) is 29.6 Å². The number of methoxy groups -OCH3 is 1. The molecule has 6 nitrogen and oxygen atoms in total. The number of urea groups is 1. The Hall–Kier alpha value is -1.83. The van der Waals surface area contributed by atoms with Crippen LogP contribution in [0.4, 0.5) is 9.18 Å². The van der Waals surface area contributed by atoms with E-state index >= 15 is 0 Å². The average molecular weight is 346 g/mol. The van der Waals surface area contributed by atoms with Gasteiger partial charge >= 0.3 is 6.03 Å². The molecule has 0 bridgehead atoms. The number of ether oxygens (including phenoxy) is 1. The van der Waals surface area contributed by atoms with Gasteiger partial charge in [-0.2, -0.15) is 0 Å². The summed E-state index contributed by atoms with van der Waals surface area (Å²) in [4.78, 5) is 13.5. The summed E-state index contributed by atoms with van der Waals surface area (Å²) in [6, 6.07) is 3.12. The third-order valence-corrected chi connectivity index (χ3v) is 4.63. The summed E-state index contributed by atoms with van der Waals surface area (Å²) in [5.74, 6) is -0.501. The molecule has 0 spiro atoms. The van der Waals surface area contributed by atoms with Gasteiger partial charge < -0.3 is 15.0 Å². The molecule has 1 aromatic carbocycles. The van der Waals surface area contributed by atoms with Crippen molar-refractivity contribution >= 4 is 15.9 Å². The van der Waals surface area contributed by atoms with Crippen molar-refractivity contribution in [2.75, 3.05) is 26.2 Å². The van der Waals surface area contributed by atoms with Crippen LogP contribution in [0.25, 0.3) is 0 Å². The first kappa shape index (κ1) is 19.2. The Balaban J connectivity index is 2.74. The van der Waals surface area contributed by atoms with Gasteiger partial charge in [0.2, 0.25) is 0 Å². The number of benzene rings is 1. The summed E-state index contributed by atoms with van der Waals surface area (Å²) in [7, 11) is -0.284. The normalized spacial score (nSPS) is 14.0. The number of halogens is 1. The van der Waals surface area contributed by atoms with Gasteiger partial charge in [0.1, 0.15) is 9.84 Å². The maximum Gasteiger partial charge on any atom is 0.317 e. The van der Waals surface area contributed by atoms with Crippen LogP contribution in [0.15, 0.2) is 18.2 Å². The molecule has 0 aromatic heterocycles. The van der Waals surface area contributed by atoms with E-state index in [4.69, 9.17) is 4.74 Å². The fraction of sp³-hybridized carbons (Fsp3) is 0.533. The molecule has 0 saturated heterocycles. The van der Waals surface area contributed by atoms with Crippen LogP contribution in [-0.2, 0) is 9.84 Å². The van der Waals surface area contributed by atoms with Gasteiger partial charge in [0.15, 0.2) is 11.6 Å². The highest BCUT2D eigenvalue weighted by atomic mass is 32.2. The van der Waals surface area contributed by atoms with Crippen molar-refractivity contribution in [1.82, 2.24) is 10.2 Å². The van der Waals surface area contributed by atoms with Gasteiger partial charge in [0, 0.05) is 19.3 Å². The Bertz CT molecular complexity index is 663. The summed E-state index contributed by atoms with van der Waals surface area (Å²) in [6.07, 6.45) is 1.12. The minimum absolute atomic E-state index is 0.123. The van der Waals surface area contributed by atoms with E-state index in [-0.39, 0.29) is 11.5 Å². The van der Waals surface area contributed by atoms with Crippen molar-refractivity contribution in [2.45, 2.75) is 25.9 Å². The average Bonchev–Trinajstić information content (AvgIpc) is 2.44. The highest BCUT2D eigenvalue weighted by Crippen LogP contribution is 2.21. The molecule has 0 aliphatic rings.